The van der Waals surface area contributed by atoms with E-state index in [2.05, 4.69) is 0 Å². The summed E-state index contributed by atoms with van der Waals surface area (Å²) in [5.41, 5.74) is 0.423. The second-order valence-corrected chi connectivity index (χ2v) is 3.14. The lowest BCUT2D eigenvalue weighted by Gasteiger charge is -2.07. The van der Waals surface area contributed by atoms with Crippen LogP contribution in [0.25, 0.3) is 0 Å². The number of ether oxygens (including phenoxy) is 1. The van der Waals surface area contributed by atoms with Gasteiger partial charge in [0, 0.05) is 19.2 Å². The summed E-state index contributed by atoms with van der Waals surface area (Å²) in [5, 5.41) is 0. The first kappa shape index (κ1) is 8.99. The second-order valence-electron chi connectivity index (χ2n) is 3.14. The molecule has 0 aromatic heterocycles. The number of nitrogens with zero attached hydrogens (tertiary/aromatic N) is 1. The van der Waals surface area contributed by atoms with E-state index in [-0.39, 0.29) is 5.91 Å². The first-order valence-electron chi connectivity index (χ1n) is 4.35. The Morgan fingerprint density at radius 1 is 1.50 bits per heavy atom. The molecule has 1 saturated heterocycles. The molecule has 0 saturated carbocycles. The van der Waals surface area contributed by atoms with Crippen LogP contribution in [-0.4, -0.2) is 31.0 Å². The molecule has 1 amide bonds. The molecule has 1 aliphatic heterocycles. The Morgan fingerprint density at radius 3 is 2.79 bits per heavy atom. The van der Waals surface area contributed by atoms with Gasteiger partial charge in [0.2, 0.25) is 0 Å². The molecule has 0 aliphatic carbocycles. The summed E-state index contributed by atoms with van der Waals surface area (Å²) < 4.78 is 17.7. The molecule has 0 bridgehead atoms. The van der Waals surface area contributed by atoms with Crippen LogP contribution in [0.2, 0.25) is 0 Å². The van der Waals surface area contributed by atoms with E-state index >= 15 is 0 Å². The van der Waals surface area contributed by atoms with Gasteiger partial charge in [-0.15, -0.1) is 0 Å². The fourth-order valence-corrected chi connectivity index (χ4v) is 1.27. The summed E-state index contributed by atoms with van der Waals surface area (Å²) in [6.07, 6.45) is 0. The van der Waals surface area contributed by atoms with Crippen molar-refractivity contribution in [3.05, 3.63) is 29.6 Å². The largest absolute Gasteiger partial charge is 0.496 e. The van der Waals surface area contributed by atoms with Crippen LogP contribution in [0.4, 0.5) is 4.39 Å². The summed E-state index contributed by atoms with van der Waals surface area (Å²) in [4.78, 5) is 13.3. The van der Waals surface area contributed by atoms with Crippen molar-refractivity contribution in [2.45, 2.75) is 0 Å². The van der Waals surface area contributed by atoms with E-state index in [0.717, 1.165) is 13.1 Å². The van der Waals surface area contributed by atoms with Gasteiger partial charge in [-0.2, -0.15) is 0 Å². The van der Waals surface area contributed by atoms with Crippen LogP contribution in [0.1, 0.15) is 10.4 Å². The molecule has 4 heteroatoms. The molecule has 1 heterocycles. The van der Waals surface area contributed by atoms with Gasteiger partial charge in [-0.25, -0.2) is 4.39 Å². The van der Waals surface area contributed by atoms with Gasteiger partial charge in [-0.05, 0) is 12.1 Å². The zero-order chi connectivity index (χ0) is 10.1. The Kier molecular flexibility index (Phi) is 2.11. The average Bonchev–Trinajstić information content (AvgIpc) is 3.00. The first-order chi connectivity index (χ1) is 6.72. The molecular weight excluding hydrogens is 185 g/mol. The number of amides is 1. The van der Waals surface area contributed by atoms with Gasteiger partial charge < -0.3 is 9.64 Å². The lowest BCUT2D eigenvalue weighted by molar-refractivity contribution is 0.0882. The van der Waals surface area contributed by atoms with Gasteiger partial charge in [-0.3, -0.25) is 4.79 Å². The van der Waals surface area contributed by atoms with E-state index in [1.807, 2.05) is 0 Å². The zero-order valence-electron chi connectivity index (χ0n) is 7.79. The highest BCUT2D eigenvalue weighted by Crippen LogP contribution is 2.23. The molecule has 1 aromatic rings. The molecule has 1 aromatic carbocycles. The number of methoxy groups -OCH3 is 1. The van der Waals surface area contributed by atoms with Crippen molar-refractivity contribution in [2.24, 2.45) is 0 Å². The van der Waals surface area contributed by atoms with Gasteiger partial charge in [-0.1, -0.05) is 0 Å². The predicted octanol–water partition coefficient (Wildman–Crippen LogP) is 1.29. The van der Waals surface area contributed by atoms with Crippen molar-refractivity contribution >= 4 is 5.91 Å². The van der Waals surface area contributed by atoms with Gasteiger partial charge in [0.05, 0.1) is 12.7 Å². The van der Waals surface area contributed by atoms with E-state index < -0.39 is 5.82 Å². The minimum Gasteiger partial charge on any atom is -0.496 e. The number of rotatable bonds is 2. The van der Waals surface area contributed by atoms with Crippen molar-refractivity contribution < 1.29 is 13.9 Å². The number of hydrogen-bond acceptors (Lipinski definition) is 2. The Bertz CT molecular complexity index is 374. The summed E-state index contributed by atoms with van der Waals surface area (Å²) >= 11 is 0. The number of carbonyl (C=O) groups is 1. The molecule has 0 unspecified atom stereocenters. The third-order valence-corrected chi connectivity index (χ3v) is 2.13. The Hall–Kier alpha value is -1.58. The fourth-order valence-electron chi connectivity index (χ4n) is 1.27. The molecule has 0 radical (unpaired) electrons. The fraction of sp³-hybridized carbons (Fsp3) is 0.300. The standard InChI is InChI=1S/C10H10FNO2/c1-14-9-6-7(11)2-3-8(9)10(13)12-4-5-12/h2-3,6H,4-5H2,1H3. The summed E-state index contributed by atoms with van der Waals surface area (Å²) in [6, 6.07) is 3.94. The van der Waals surface area contributed by atoms with Crippen molar-refractivity contribution in [3.8, 4) is 5.75 Å². The van der Waals surface area contributed by atoms with Gasteiger partial charge >= 0.3 is 0 Å². The number of carbonyl (C=O) groups excluding carboxylic acids is 1. The SMILES string of the molecule is COc1cc(F)ccc1C(=O)N1CC1. The maximum Gasteiger partial charge on any atom is 0.257 e. The van der Waals surface area contributed by atoms with Gasteiger partial charge in [0.25, 0.3) is 5.91 Å². The number of hydrogen-bond donors (Lipinski definition) is 0. The van der Waals surface area contributed by atoms with Crippen LogP contribution in [0, 0.1) is 5.82 Å². The van der Waals surface area contributed by atoms with Crippen molar-refractivity contribution in [1.29, 1.82) is 0 Å². The van der Waals surface area contributed by atoms with E-state index in [4.69, 9.17) is 4.74 Å². The molecule has 1 aliphatic rings. The van der Waals surface area contributed by atoms with Crippen LogP contribution >= 0.6 is 0 Å². The Labute approximate surface area is 81.1 Å². The van der Waals surface area contributed by atoms with Crippen LogP contribution < -0.4 is 4.74 Å². The third-order valence-electron chi connectivity index (χ3n) is 2.13. The molecule has 14 heavy (non-hydrogen) atoms. The second kappa shape index (κ2) is 3.29. The Balaban J connectivity index is 2.35. The topological polar surface area (TPSA) is 29.3 Å². The van der Waals surface area contributed by atoms with Gasteiger partial charge in [0.15, 0.2) is 0 Å². The minimum absolute atomic E-state index is 0.0955. The van der Waals surface area contributed by atoms with Crippen molar-refractivity contribution in [2.75, 3.05) is 20.2 Å². The summed E-state index contributed by atoms with van der Waals surface area (Å²) in [6.45, 7) is 1.55. The van der Waals surface area contributed by atoms with Crippen LogP contribution in [0.15, 0.2) is 18.2 Å². The third kappa shape index (κ3) is 1.55. The lowest BCUT2D eigenvalue weighted by atomic mass is 10.2. The predicted molar refractivity (Wildman–Crippen MR) is 48.9 cm³/mol. The van der Waals surface area contributed by atoms with Crippen LogP contribution in [-0.2, 0) is 0 Å². The van der Waals surface area contributed by atoms with E-state index in [0.29, 0.717) is 11.3 Å². The van der Waals surface area contributed by atoms with Crippen LogP contribution in [0.3, 0.4) is 0 Å². The molecule has 0 atom stereocenters. The maximum atomic E-state index is 12.8. The highest BCUT2D eigenvalue weighted by atomic mass is 19.1. The highest BCUT2D eigenvalue weighted by Gasteiger charge is 2.27. The highest BCUT2D eigenvalue weighted by molar-refractivity contribution is 5.98. The number of benzene rings is 1. The van der Waals surface area contributed by atoms with Crippen molar-refractivity contribution in [3.63, 3.8) is 0 Å². The van der Waals surface area contributed by atoms with E-state index in [1.165, 1.54) is 25.3 Å². The molecule has 2 rings (SSSR count). The molecule has 0 N–H and O–H groups in total. The summed E-state index contributed by atoms with van der Waals surface area (Å²) in [5.74, 6) is -0.201. The van der Waals surface area contributed by atoms with E-state index in [1.54, 1.807) is 4.90 Å². The maximum absolute atomic E-state index is 12.8. The molecule has 3 nitrogen and oxygen atoms in total. The summed E-state index contributed by atoms with van der Waals surface area (Å²) in [7, 11) is 1.42. The molecule has 0 spiro atoms. The molecule has 1 fully saturated rings. The lowest BCUT2D eigenvalue weighted by Crippen LogP contribution is -2.12. The van der Waals surface area contributed by atoms with Gasteiger partial charge in [0.1, 0.15) is 11.6 Å². The molecular formula is C10H10FNO2. The van der Waals surface area contributed by atoms with E-state index in [9.17, 15) is 9.18 Å². The average molecular weight is 195 g/mol. The van der Waals surface area contributed by atoms with Crippen LogP contribution in [0.5, 0.6) is 5.75 Å². The first-order valence-corrected chi connectivity index (χ1v) is 4.35. The van der Waals surface area contributed by atoms with Crippen molar-refractivity contribution in [1.82, 2.24) is 4.90 Å². The monoisotopic (exact) mass is 195 g/mol. The normalized spacial score (nSPS) is 14.0. The minimum atomic E-state index is -0.399. The molecule has 74 valence electrons. The smallest absolute Gasteiger partial charge is 0.257 e. The quantitative estimate of drug-likeness (QED) is 0.665. The number of halogens is 1. The Morgan fingerprint density at radius 2 is 2.21 bits per heavy atom. The zero-order valence-corrected chi connectivity index (χ0v) is 7.79.